The van der Waals surface area contributed by atoms with Gasteiger partial charge in [-0.2, -0.15) is 0 Å². The van der Waals surface area contributed by atoms with Crippen LogP contribution < -0.4 is 0 Å². The number of aryl methyl sites for hydroxylation is 4. The van der Waals surface area contributed by atoms with E-state index in [2.05, 4.69) is 6.92 Å². The van der Waals surface area contributed by atoms with Crippen molar-refractivity contribution in [1.82, 2.24) is 9.80 Å². The van der Waals surface area contributed by atoms with Crippen LogP contribution >= 0.6 is 0 Å². The molecule has 1 aliphatic heterocycles. The van der Waals surface area contributed by atoms with Crippen LogP contribution in [0, 0.1) is 27.7 Å². The zero-order chi connectivity index (χ0) is 19.7. The summed E-state index contributed by atoms with van der Waals surface area (Å²) in [6, 6.07) is 3.60. The van der Waals surface area contributed by atoms with Crippen molar-refractivity contribution >= 4 is 11.8 Å². The predicted octanol–water partition coefficient (Wildman–Crippen LogP) is 3.87. The van der Waals surface area contributed by atoms with Crippen molar-refractivity contribution < 1.29 is 18.4 Å². The quantitative estimate of drug-likeness (QED) is 0.817. The Balaban J connectivity index is 1.79. The molecular formula is C21H28N2O4. The highest BCUT2D eigenvalue weighted by atomic mass is 16.3. The molecule has 0 spiro atoms. The molecule has 2 amide bonds. The van der Waals surface area contributed by atoms with Gasteiger partial charge in [0.05, 0.1) is 11.1 Å². The number of piperazine rings is 1. The average molecular weight is 372 g/mol. The minimum absolute atomic E-state index is 0.00288. The van der Waals surface area contributed by atoms with E-state index in [1.54, 1.807) is 12.1 Å². The maximum Gasteiger partial charge on any atom is 0.257 e. The Morgan fingerprint density at radius 1 is 0.963 bits per heavy atom. The van der Waals surface area contributed by atoms with Crippen LogP contribution in [0.2, 0.25) is 0 Å². The molecule has 0 saturated carbocycles. The zero-order valence-electron chi connectivity index (χ0n) is 16.8. The molecule has 0 aromatic carbocycles. The van der Waals surface area contributed by atoms with E-state index in [9.17, 15) is 9.59 Å². The number of nitrogens with zero attached hydrogens (tertiary/aromatic N) is 2. The Kier molecular flexibility index (Phi) is 5.44. The summed E-state index contributed by atoms with van der Waals surface area (Å²) in [5.41, 5.74) is 1.23. The minimum atomic E-state index is -0.0205. The maximum absolute atomic E-state index is 13.1. The molecule has 0 bridgehead atoms. The summed E-state index contributed by atoms with van der Waals surface area (Å²) < 4.78 is 11.0. The molecule has 3 heterocycles. The molecule has 1 fully saturated rings. The van der Waals surface area contributed by atoms with Crippen molar-refractivity contribution in [3.8, 4) is 0 Å². The third kappa shape index (κ3) is 3.80. The van der Waals surface area contributed by atoms with Gasteiger partial charge < -0.3 is 18.6 Å². The number of carbonyl (C=O) groups excluding carboxylic acids is 2. The van der Waals surface area contributed by atoms with Gasteiger partial charge in [0.1, 0.15) is 23.0 Å². The van der Waals surface area contributed by atoms with Crippen LogP contribution in [0.15, 0.2) is 21.0 Å². The smallest absolute Gasteiger partial charge is 0.257 e. The lowest BCUT2D eigenvalue weighted by molar-refractivity contribution is 0.0368. The van der Waals surface area contributed by atoms with Gasteiger partial charge in [0.15, 0.2) is 0 Å². The second-order valence-corrected chi connectivity index (χ2v) is 7.35. The fraction of sp³-hybridized carbons (Fsp3) is 0.524. The molecule has 2 aromatic rings. The first-order valence-corrected chi connectivity index (χ1v) is 9.56. The SMILES string of the molecule is CCCC1CN(C(=O)c2cc(C)oc2C)CCN1C(=O)c1cc(C)oc1C. The van der Waals surface area contributed by atoms with E-state index in [0.29, 0.717) is 42.3 Å². The Bertz CT molecular complexity index is 848. The summed E-state index contributed by atoms with van der Waals surface area (Å²) in [5, 5.41) is 0. The molecule has 2 aromatic heterocycles. The normalized spacial score (nSPS) is 17.4. The summed E-state index contributed by atoms with van der Waals surface area (Å²) in [7, 11) is 0. The standard InChI is InChI=1S/C21H28N2O4/c1-6-7-17-12-22(20(24)18-10-13(2)26-15(18)4)8-9-23(17)21(25)19-11-14(3)27-16(19)5/h10-11,17H,6-9,12H2,1-5H3. The van der Waals surface area contributed by atoms with Crippen LogP contribution in [-0.2, 0) is 0 Å². The van der Waals surface area contributed by atoms with Gasteiger partial charge in [-0.05, 0) is 46.2 Å². The van der Waals surface area contributed by atoms with E-state index in [1.165, 1.54) is 0 Å². The highest BCUT2D eigenvalue weighted by molar-refractivity contribution is 5.97. The first-order valence-electron chi connectivity index (χ1n) is 9.56. The second kappa shape index (κ2) is 7.62. The maximum atomic E-state index is 13.1. The third-order valence-corrected chi connectivity index (χ3v) is 5.20. The van der Waals surface area contributed by atoms with Crippen LogP contribution in [-0.4, -0.2) is 47.3 Å². The van der Waals surface area contributed by atoms with E-state index in [1.807, 2.05) is 37.5 Å². The van der Waals surface area contributed by atoms with Gasteiger partial charge in [-0.1, -0.05) is 13.3 Å². The molecule has 1 unspecified atom stereocenters. The van der Waals surface area contributed by atoms with Crippen molar-refractivity contribution in [3.05, 3.63) is 46.3 Å². The lowest BCUT2D eigenvalue weighted by Crippen LogP contribution is -2.56. The Morgan fingerprint density at radius 3 is 2.00 bits per heavy atom. The largest absolute Gasteiger partial charge is 0.466 e. The molecule has 6 heteroatoms. The van der Waals surface area contributed by atoms with Crippen LogP contribution in [0.5, 0.6) is 0 Å². The molecular weight excluding hydrogens is 344 g/mol. The van der Waals surface area contributed by atoms with Gasteiger partial charge in [0.25, 0.3) is 11.8 Å². The van der Waals surface area contributed by atoms with Gasteiger partial charge in [-0.15, -0.1) is 0 Å². The Labute approximate surface area is 160 Å². The minimum Gasteiger partial charge on any atom is -0.466 e. The fourth-order valence-electron chi connectivity index (χ4n) is 3.90. The van der Waals surface area contributed by atoms with Gasteiger partial charge in [-0.25, -0.2) is 0 Å². The van der Waals surface area contributed by atoms with Gasteiger partial charge in [0.2, 0.25) is 0 Å². The lowest BCUT2D eigenvalue weighted by Gasteiger charge is -2.41. The van der Waals surface area contributed by atoms with E-state index in [-0.39, 0.29) is 17.9 Å². The lowest BCUT2D eigenvalue weighted by atomic mass is 10.0. The molecule has 0 aliphatic carbocycles. The van der Waals surface area contributed by atoms with Crippen LogP contribution in [0.1, 0.15) is 63.5 Å². The Hall–Kier alpha value is -2.50. The van der Waals surface area contributed by atoms with Crippen molar-refractivity contribution in [2.75, 3.05) is 19.6 Å². The van der Waals surface area contributed by atoms with Gasteiger partial charge in [0, 0.05) is 25.7 Å². The number of hydrogen-bond acceptors (Lipinski definition) is 4. The molecule has 27 heavy (non-hydrogen) atoms. The fourth-order valence-corrected chi connectivity index (χ4v) is 3.90. The van der Waals surface area contributed by atoms with Gasteiger partial charge in [-0.3, -0.25) is 9.59 Å². The molecule has 1 saturated heterocycles. The molecule has 146 valence electrons. The van der Waals surface area contributed by atoms with Crippen molar-refractivity contribution in [1.29, 1.82) is 0 Å². The van der Waals surface area contributed by atoms with Crippen molar-refractivity contribution in [2.45, 2.75) is 53.5 Å². The summed E-state index contributed by atoms with van der Waals surface area (Å²) >= 11 is 0. The molecule has 6 nitrogen and oxygen atoms in total. The van der Waals surface area contributed by atoms with E-state index < -0.39 is 0 Å². The monoisotopic (exact) mass is 372 g/mol. The number of amides is 2. The van der Waals surface area contributed by atoms with E-state index in [0.717, 1.165) is 24.4 Å². The number of carbonyl (C=O) groups is 2. The second-order valence-electron chi connectivity index (χ2n) is 7.35. The van der Waals surface area contributed by atoms with E-state index >= 15 is 0 Å². The first kappa shape index (κ1) is 19.3. The third-order valence-electron chi connectivity index (χ3n) is 5.20. The molecule has 3 rings (SSSR count). The summed E-state index contributed by atoms with van der Waals surface area (Å²) in [5.74, 6) is 2.74. The summed E-state index contributed by atoms with van der Waals surface area (Å²) in [6.45, 7) is 11.0. The zero-order valence-corrected chi connectivity index (χ0v) is 16.8. The Morgan fingerprint density at radius 2 is 1.52 bits per heavy atom. The highest BCUT2D eigenvalue weighted by Crippen LogP contribution is 2.24. The van der Waals surface area contributed by atoms with Crippen LogP contribution in [0.25, 0.3) is 0 Å². The highest BCUT2D eigenvalue weighted by Gasteiger charge is 2.34. The molecule has 1 atom stereocenters. The van der Waals surface area contributed by atoms with Crippen LogP contribution in [0.4, 0.5) is 0 Å². The van der Waals surface area contributed by atoms with Crippen molar-refractivity contribution in [2.24, 2.45) is 0 Å². The summed E-state index contributed by atoms with van der Waals surface area (Å²) in [4.78, 5) is 29.7. The van der Waals surface area contributed by atoms with Crippen molar-refractivity contribution in [3.63, 3.8) is 0 Å². The van der Waals surface area contributed by atoms with Crippen LogP contribution in [0.3, 0.4) is 0 Å². The number of furan rings is 2. The van der Waals surface area contributed by atoms with Gasteiger partial charge >= 0.3 is 0 Å². The van der Waals surface area contributed by atoms with E-state index in [4.69, 9.17) is 8.83 Å². The molecule has 0 radical (unpaired) electrons. The number of rotatable bonds is 4. The topological polar surface area (TPSA) is 66.9 Å². The summed E-state index contributed by atoms with van der Waals surface area (Å²) in [6.07, 6.45) is 1.80. The predicted molar refractivity (Wildman–Crippen MR) is 102 cm³/mol. The molecule has 1 aliphatic rings. The first-order chi connectivity index (χ1) is 12.8. The number of hydrogen-bond donors (Lipinski definition) is 0. The average Bonchev–Trinajstić information content (AvgIpc) is 3.14. The molecule has 0 N–H and O–H groups in total.